The van der Waals surface area contributed by atoms with Crippen molar-refractivity contribution in [2.75, 3.05) is 4.90 Å². The van der Waals surface area contributed by atoms with Crippen LogP contribution in [0.5, 0.6) is 5.75 Å². The number of carbonyl (C=O) groups excluding carboxylic acids is 2. The van der Waals surface area contributed by atoms with Gasteiger partial charge in [-0.1, -0.05) is 48.5 Å². The van der Waals surface area contributed by atoms with Gasteiger partial charge in [0, 0.05) is 12.0 Å². The number of para-hydroxylation sites is 2. The van der Waals surface area contributed by atoms with Gasteiger partial charge in [-0.3, -0.25) is 9.69 Å². The Labute approximate surface area is 164 Å². The lowest BCUT2D eigenvalue weighted by molar-refractivity contribution is 0.0966. The zero-order chi connectivity index (χ0) is 19.7. The molecule has 0 aromatic heterocycles. The smallest absolute Gasteiger partial charge is 0.410 e. The van der Waals surface area contributed by atoms with E-state index in [0.29, 0.717) is 17.0 Å². The fourth-order valence-corrected chi connectivity index (χ4v) is 3.91. The van der Waals surface area contributed by atoms with Crippen LogP contribution in [0.15, 0.2) is 72.8 Å². The summed E-state index contributed by atoms with van der Waals surface area (Å²) in [6, 6.07) is 21.8. The van der Waals surface area contributed by atoms with Gasteiger partial charge in [0.05, 0.1) is 11.7 Å². The van der Waals surface area contributed by atoms with E-state index in [1.807, 2.05) is 62.4 Å². The lowest BCUT2D eigenvalue weighted by Crippen LogP contribution is -2.42. The van der Waals surface area contributed by atoms with E-state index in [2.05, 4.69) is 0 Å². The number of hydrogen-bond donors (Lipinski definition) is 0. The van der Waals surface area contributed by atoms with Crippen LogP contribution in [-0.2, 0) is 0 Å². The van der Waals surface area contributed by atoms with Crippen molar-refractivity contribution in [3.05, 3.63) is 95.1 Å². The molecule has 0 radical (unpaired) electrons. The maximum absolute atomic E-state index is 13.2. The van der Waals surface area contributed by atoms with Gasteiger partial charge in [0.2, 0.25) is 0 Å². The average molecular weight is 371 g/mol. The van der Waals surface area contributed by atoms with E-state index < -0.39 is 12.1 Å². The van der Waals surface area contributed by atoms with E-state index in [0.717, 1.165) is 16.7 Å². The molecule has 1 aliphatic rings. The third-order valence-electron chi connectivity index (χ3n) is 5.17. The monoisotopic (exact) mass is 371 g/mol. The predicted octanol–water partition coefficient (Wildman–Crippen LogP) is 5.64. The van der Waals surface area contributed by atoms with Crippen molar-refractivity contribution < 1.29 is 14.3 Å². The number of amides is 1. The molecule has 3 aromatic carbocycles. The lowest BCUT2D eigenvalue weighted by atomic mass is 9.86. The Morgan fingerprint density at radius 2 is 1.54 bits per heavy atom. The van der Waals surface area contributed by atoms with Crippen LogP contribution in [0.1, 0.15) is 39.5 Å². The van der Waals surface area contributed by atoms with Gasteiger partial charge in [0.25, 0.3) is 0 Å². The average Bonchev–Trinajstić information content (AvgIpc) is 2.69. The standard InChI is InChI=1S/C24H21NO3/c1-16-9-8-10-17(2)23(16)21-15-22(26)19-13-6-7-14-20(19)25(21)24(27)28-18-11-4-3-5-12-18/h3-14,21H,15H2,1-2H3. The summed E-state index contributed by atoms with van der Waals surface area (Å²) >= 11 is 0. The fourth-order valence-electron chi connectivity index (χ4n) is 3.91. The molecule has 0 bridgehead atoms. The second-order valence-electron chi connectivity index (χ2n) is 7.02. The van der Waals surface area contributed by atoms with Crippen LogP contribution >= 0.6 is 0 Å². The number of hydrogen-bond acceptors (Lipinski definition) is 3. The highest BCUT2D eigenvalue weighted by atomic mass is 16.6. The molecule has 140 valence electrons. The van der Waals surface area contributed by atoms with Gasteiger partial charge in [0.1, 0.15) is 5.75 Å². The van der Waals surface area contributed by atoms with Crippen molar-refractivity contribution >= 4 is 17.6 Å². The summed E-state index contributed by atoms with van der Waals surface area (Å²) in [5.41, 5.74) is 4.24. The van der Waals surface area contributed by atoms with Crippen molar-refractivity contribution in [1.29, 1.82) is 0 Å². The van der Waals surface area contributed by atoms with E-state index >= 15 is 0 Å². The first-order valence-corrected chi connectivity index (χ1v) is 9.30. The molecular weight excluding hydrogens is 350 g/mol. The van der Waals surface area contributed by atoms with Crippen LogP contribution in [0.2, 0.25) is 0 Å². The number of nitrogens with zero attached hydrogens (tertiary/aromatic N) is 1. The van der Waals surface area contributed by atoms with E-state index in [4.69, 9.17) is 4.74 Å². The molecule has 3 aromatic rings. The lowest BCUT2D eigenvalue weighted by Gasteiger charge is -2.37. The van der Waals surface area contributed by atoms with Crippen LogP contribution in [0, 0.1) is 13.8 Å². The third-order valence-corrected chi connectivity index (χ3v) is 5.17. The van der Waals surface area contributed by atoms with Gasteiger partial charge in [-0.2, -0.15) is 0 Å². The Bertz CT molecular complexity index is 1020. The first-order valence-electron chi connectivity index (χ1n) is 9.30. The normalized spacial score (nSPS) is 15.9. The first kappa shape index (κ1) is 18.0. The maximum atomic E-state index is 13.2. The predicted molar refractivity (Wildman–Crippen MR) is 109 cm³/mol. The van der Waals surface area contributed by atoms with E-state index in [1.165, 1.54) is 0 Å². The van der Waals surface area contributed by atoms with Gasteiger partial charge >= 0.3 is 6.09 Å². The molecule has 0 saturated carbocycles. The number of Topliss-reactive ketones (excluding diaryl/α,β-unsaturated/α-hetero) is 1. The minimum absolute atomic E-state index is 0.0343. The zero-order valence-corrected chi connectivity index (χ0v) is 15.9. The summed E-state index contributed by atoms with van der Waals surface area (Å²) in [5, 5.41) is 0. The number of ether oxygens (including phenoxy) is 1. The van der Waals surface area contributed by atoms with Crippen LogP contribution in [0.3, 0.4) is 0 Å². The highest BCUT2D eigenvalue weighted by Gasteiger charge is 2.38. The highest BCUT2D eigenvalue weighted by molar-refractivity contribution is 6.08. The molecular formula is C24H21NO3. The Hall–Kier alpha value is -3.40. The second kappa shape index (κ2) is 7.31. The fraction of sp³-hybridized carbons (Fsp3) is 0.167. The van der Waals surface area contributed by atoms with Crippen LogP contribution in [0.25, 0.3) is 0 Å². The quantitative estimate of drug-likeness (QED) is 0.586. The largest absolute Gasteiger partial charge is 0.420 e. The SMILES string of the molecule is Cc1cccc(C)c1C1CC(=O)c2ccccc2N1C(=O)Oc1ccccc1. The Kier molecular flexibility index (Phi) is 4.70. The van der Waals surface area contributed by atoms with Gasteiger partial charge in [-0.05, 0) is 54.8 Å². The summed E-state index contributed by atoms with van der Waals surface area (Å²) in [5.74, 6) is 0.508. The molecule has 4 rings (SSSR count). The van der Waals surface area contributed by atoms with Crippen molar-refractivity contribution in [1.82, 2.24) is 0 Å². The molecule has 4 nitrogen and oxygen atoms in total. The van der Waals surface area contributed by atoms with Gasteiger partial charge < -0.3 is 4.74 Å². The number of anilines is 1. The minimum atomic E-state index is -0.487. The first-order chi connectivity index (χ1) is 13.6. The van der Waals surface area contributed by atoms with Gasteiger partial charge in [-0.25, -0.2) is 4.79 Å². The van der Waals surface area contributed by atoms with Gasteiger partial charge in [0.15, 0.2) is 5.78 Å². The maximum Gasteiger partial charge on any atom is 0.420 e. The van der Waals surface area contributed by atoms with Crippen molar-refractivity contribution in [3.63, 3.8) is 0 Å². The number of rotatable bonds is 2. The Morgan fingerprint density at radius 1 is 0.893 bits per heavy atom. The molecule has 1 heterocycles. The summed E-state index contributed by atoms with van der Waals surface area (Å²) < 4.78 is 5.65. The second-order valence-corrected chi connectivity index (χ2v) is 7.02. The molecule has 4 heteroatoms. The van der Waals surface area contributed by atoms with Crippen molar-refractivity contribution in [3.8, 4) is 5.75 Å². The molecule has 1 unspecified atom stereocenters. The molecule has 0 spiro atoms. The molecule has 1 aliphatic heterocycles. The van der Waals surface area contributed by atoms with E-state index in [9.17, 15) is 9.59 Å². The molecule has 0 N–H and O–H groups in total. The molecule has 0 aliphatic carbocycles. The number of benzene rings is 3. The van der Waals surface area contributed by atoms with Gasteiger partial charge in [-0.15, -0.1) is 0 Å². The number of fused-ring (bicyclic) bond motifs is 1. The van der Waals surface area contributed by atoms with E-state index in [-0.39, 0.29) is 12.2 Å². The zero-order valence-electron chi connectivity index (χ0n) is 15.9. The molecule has 1 atom stereocenters. The van der Waals surface area contributed by atoms with Crippen molar-refractivity contribution in [2.24, 2.45) is 0 Å². The Morgan fingerprint density at radius 3 is 2.25 bits per heavy atom. The highest BCUT2D eigenvalue weighted by Crippen LogP contribution is 2.41. The summed E-state index contributed by atoms with van der Waals surface area (Å²) in [6.45, 7) is 4.02. The Balaban J connectivity index is 1.83. The van der Waals surface area contributed by atoms with E-state index in [1.54, 1.807) is 29.2 Å². The third kappa shape index (κ3) is 3.18. The summed E-state index contributed by atoms with van der Waals surface area (Å²) in [4.78, 5) is 27.7. The summed E-state index contributed by atoms with van der Waals surface area (Å²) in [6.07, 6.45) is -0.258. The number of carbonyl (C=O) groups is 2. The molecule has 28 heavy (non-hydrogen) atoms. The molecule has 0 fully saturated rings. The van der Waals surface area contributed by atoms with Crippen LogP contribution in [-0.4, -0.2) is 11.9 Å². The minimum Gasteiger partial charge on any atom is -0.410 e. The van der Waals surface area contributed by atoms with Crippen molar-refractivity contribution in [2.45, 2.75) is 26.3 Å². The molecule has 0 saturated heterocycles. The topological polar surface area (TPSA) is 46.6 Å². The summed E-state index contributed by atoms with van der Waals surface area (Å²) in [7, 11) is 0. The van der Waals surface area contributed by atoms with Crippen LogP contribution < -0.4 is 9.64 Å². The van der Waals surface area contributed by atoms with Crippen LogP contribution in [0.4, 0.5) is 10.5 Å². The molecule has 1 amide bonds. The number of aryl methyl sites for hydroxylation is 2. The number of ketones is 1.